The second-order valence-electron chi connectivity index (χ2n) is 3.61. The Morgan fingerprint density at radius 1 is 1.42 bits per heavy atom. The van der Waals surface area contributed by atoms with E-state index >= 15 is 0 Å². The smallest absolute Gasteiger partial charge is 0.256 e. The molecular weight excluding hydrogens is 308 g/mol. The van der Waals surface area contributed by atoms with E-state index in [4.69, 9.17) is 4.74 Å². The molecule has 19 heavy (non-hydrogen) atoms. The van der Waals surface area contributed by atoms with Crippen molar-refractivity contribution in [3.63, 3.8) is 0 Å². The first kappa shape index (κ1) is 15.2. The first-order valence-corrected chi connectivity index (χ1v) is 6.30. The fraction of sp³-hybridized carbons (Fsp3) is 0.143. The molecule has 1 amide bonds. The molecule has 4 nitrogen and oxygen atoms in total. The van der Waals surface area contributed by atoms with Crippen molar-refractivity contribution in [3.05, 3.63) is 53.2 Å². The van der Waals surface area contributed by atoms with E-state index in [0.29, 0.717) is 27.3 Å². The summed E-state index contributed by atoms with van der Waals surface area (Å²) in [4.78, 5) is 16.3. The Hall–Kier alpha value is -1.88. The molecule has 0 aliphatic rings. The maximum atomic E-state index is 12.1. The van der Waals surface area contributed by atoms with Gasteiger partial charge in [0.1, 0.15) is 0 Å². The highest BCUT2D eigenvalue weighted by Gasteiger charge is 2.11. The molecule has 0 aliphatic carbocycles. The molecule has 100 valence electrons. The number of methoxy groups -OCH3 is 1. The molecule has 1 aromatic heterocycles. The molecule has 0 saturated heterocycles. The van der Waals surface area contributed by atoms with Crippen molar-refractivity contribution in [1.82, 2.24) is 4.98 Å². The van der Waals surface area contributed by atoms with Gasteiger partial charge in [0.05, 0.1) is 24.1 Å². The fourth-order valence-corrected chi connectivity index (χ4v) is 1.72. The molecule has 0 atom stereocenters. The van der Waals surface area contributed by atoms with Gasteiger partial charge in [-0.05, 0) is 28.9 Å². The van der Waals surface area contributed by atoms with Gasteiger partial charge in [-0.1, -0.05) is 25.3 Å². The summed E-state index contributed by atoms with van der Waals surface area (Å²) >= 11 is 3.25. The van der Waals surface area contributed by atoms with Crippen LogP contribution in [0.2, 0.25) is 0 Å². The number of amides is 1. The average molecular weight is 323 g/mol. The van der Waals surface area contributed by atoms with Gasteiger partial charge in [0.15, 0.2) is 0 Å². The van der Waals surface area contributed by atoms with E-state index in [-0.39, 0.29) is 5.91 Å². The highest BCUT2D eigenvalue weighted by atomic mass is 79.9. The Bertz CT molecular complexity index is 550. The molecule has 0 radical (unpaired) electrons. The largest absolute Gasteiger partial charge is 0.481 e. The first-order valence-electron chi connectivity index (χ1n) is 5.51. The Labute approximate surface area is 121 Å². The summed E-state index contributed by atoms with van der Waals surface area (Å²) < 4.78 is 5.59. The zero-order valence-electron chi connectivity index (χ0n) is 10.9. The number of nitrogens with zero attached hydrogens (tertiary/aromatic N) is 1. The monoisotopic (exact) mass is 322 g/mol. The molecule has 0 aromatic carbocycles. The lowest BCUT2D eigenvalue weighted by atomic mass is 10.2. The van der Waals surface area contributed by atoms with Crippen LogP contribution in [0.15, 0.2) is 47.5 Å². The Morgan fingerprint density at radius 3 is 2.58 bits per heavy atom. The molecule has 0 spiro atoms. The van der Waals surface area contributed by atoms with Crippen LogP contribution in [0.25, 0.3) is 0 Å². The van der Waals surface area contributed by atoms with E-state index in [1.54, 1.807) is 26.2 Å². The summed E-state index contributed by atoms with van der Waals surface area (Å²) in [5.41, 5.74) is 1.70. The first-order chi connectivity index (χ1) is 9.03. The summed E-state index contributed by atoms with van der Waals surface area (Å²) in [6, 6.07) is 3.42. The van der Waals surface area contributed by atoms with Crippen LogP contribution < -0.4 is 10.1 Å². The van der Waals surface area contributed by atoms with E-state index in [1.807, 2.05) is 0 Å². The summed E-state index contributed by atoms with van der Waals surface area (Å²) in [7, 11) is 1.54. The zero-order chi connectivity index (χ0) is 14.4. The van der Waals surface area contributed by atoms with Gasteiger partial charge < -0.3 is 10.1 Å². The lowest BCUT2D eigenvalue weighted by Crippen LogP contribution is -2.15. The number of aromatic nitrogens is 1. The number of hydrogen-bond acceptors (Lipinski definition) is 3. The fourth-order valence-electron chi connectivity index (χ4n) is 1.38. The molecule has 0 bridgehead atoms. The molecule has 0 saturated carbocycles. The van der Waals surface area contributed by atoms with E-state index in [2.05, 4.69) is 39.4 Å². The van der Waals surface area contributed by atoms with Crippen LogP contribution in [0.1, 0.15) is 5.69 Å². The summed E-state index contributed by atoms with van der Waals surface area (Å²) in [5.74, 6) is 0.221. The minimum atomic E-state index is -0.281. The number of hydrogen-bond donors (Lipinski definition) is 1. The van der Waals surface area contributed by atoms with Crippen molar-refractivity contribution in [3.8, 4) is 5.88 Å². The third-order valence-corrected chi connectivity index (χ3v) is 3.15. The lowest BCUT2D eigenvalue weighted by Gasteiger charge is -2.10. The number of carbonyl (C=O) groups is 1. The van der Waals surface area contributed by atoms with Crippen LogP contribution in [-0.4, -0.2) is 18.0 Å². The minimum absolute atomic E-state index is 0.281. The van der Waals surface area contributed by atoms with Gasteiger partial charge >= 0.3 is 0 Å². The topological polar surface area (TPSA) is 51.2 Å². The number of ether oxygens (including phenoxy) is 1. The molecule has 0 fully saturated rings. The Balaban J connectivity index is 3.00. The van der Waals surface area contributed by atoms with Crippen molar-refractivity contribution < 1.29 is 9.53 Å². The zero-order valence-corrected chi connectivity index (χ0v) is 12.5. The molecule has 0 unspecified atom stereocenters. The normalized spacial score (nSPS) is 11.3. The van der Waals surface area contributed by atoms with Gasteiger partial charge in [-0.15, -0.1) is 0 Å². The Kier molecular flexibility index (Phi) is 5.51. The van der Waals surface area contributed by atoms with Gasteiger partial charge in [0.2, 0.25) is 5.88 Å². The molecule has 5 heteroatoms. The average Bonchev–Trinajstić information content (AvgIpc) is 2.41. The van der Waals surface area contributed by atoms with Crippen LogP contribution in [0.5, 0.6) is 5.88 Å². The molecule has 1 N–H and O–H groups in total. The number of nitrogens with one attached hydrogen (secondary N) is 1. The number of carbonyl (C=O) groups excluding carboxylic acids is 1. The van der Waals surface area contributed by atoms with Gasteiger partial charge in [-0.3, -0.25) is 4.79 Å². The van der Waals surface area contributed by atoms with Crippen molar-refractivity contribution in [2.24, 2.45) is 0 Å². The summed E-state index contributed by atoms with van der Waals surface area (Å²) in [6.45, 7) is 9.00. The number of halogens is 1. The van der Waals surface area contributed by atoms with Crippen LogP contribution in [0.3, 0.4) is 0 Å². The second-order valence-corrected chi connectivity index (χ2v) is 4.46. The van der Waals surface area contributed by atoms with Crippen LogP contribution in [0, 0.1) is 6.92 Å². The third-order valence-electron chi connectivity index (χ3n) is 2.40. The molecule has 0 aliphatic heterocycles. The van der Waals surface area contributed by atoms with Crippen molar-refractivity contribution in [2.75, 3.05) is 12.4 Å². The standard InChI is InChI=1S/C14H15BrN2O2/c1-5-10(11(15)6-2)14(18)17-12-7-8-13(19-4)16-9(12)3/h5-8H,1-2H2,3-4H3,(H,17,18)/b11-10-. The number of allylic oxidation sites excluding steroid dienone is 2. The number of pyridine rings is 1. The predicted octanol–water partition coefficient (Wildman–Crippen LogP) is 3.36. The van der Waals surface area contributed by atoms with Crippen molar-refractivity contribution in [2.45, 2.75) is 6.92 Å². The van der Waals surface area contributed by atoms with Crippen LogP contribution in [0.4, 0.5) is 5.69 Å². The predicted molar refractivity (Wildman–Crippen MR) is 80.5 cm³/mol. The molecule has 1 rings (SSSR count). The minimum Gasteiger partial charge on any atom is -0.481 e. The Morgan fingerprint density at radius 2 is 2.11 bits per heavy atom. The molecule has 1 heterocycles. The quantitative estimate of drug-likeness (QED) is 0.668. The molecule has 1 aromatic rings. The lowest BCUT2D eigenvalue weighted by molar-refractivity contribution is -0.112. The van der Waals surface area contributed by atoms with Crippen molar-refractivity contribution >= 4 is 27.5 Å². The summed E-state index contributed by atoms with van der Waals surface area (Å²) in [6.07, 6.45) is 3.00. The highest BCUT2D eigenvalue weighted by Crippen LogP contribution is 2.20. The number of anilines is 1. The SMILES string of the molecule is C=C/C(Br)=C(\C=C)C(=O)Nc1ccc(OC)nc1C. The second kappa shape index (κ2) is 6.89. The van der Waals surface area contributed by atoms with E-state index < -0.39 is 0 Å². The van der Waals surface area contributed by atoms with Gasteiger partial charge in [-0.2, -0.15) is 0 Å². The number of aryl methyl sites for hydroxylation is 1. The number of rotatable bonds is 5. The van der Waals surface area contributed by atoms with Crippen LogP contribution in [-0.2, 0) is 4.79 Å². The van der Waals surface area contributed by atoms with E-state index in [0.717, 1.165) is 0 Å². The van der Waals surface area contributed by atoms with E-state index in [9.17, 15) is 4.79 Å². The maximum Gasteiger partial charge on any atom is 0.256 e. The van der Waals surface area contributed by atoms with Crippen LogP contribution >= 0.6 is 15.9 Å². The van der Waals surface area contributed by atoms with Gasteiger partial charge in [0.25, 0.3) is 5.91 Å². The van der Waals surface area contributed by atoms with Gasteiger partial charge in [-0.25, -0.2) is 4.98 Å². The maximum absolute atomic E-state index is 12.1. The van der Waals surface area contributed by atoms with Gasteiger partial charge in [0, 0.05) is 10.5 Å². The summed E-state index contributed by atoms with van der Waals surface area (Å²) in [5, 5.41) is 2.76. The highest BCUT2D eigenvalue weighted by molar-refractivity contribution is 9.12. The third kappa shape index (κ3) is 3.79. The van der Waals surface area contributed by atoms with E-state index in [1.165, 1.54) is 12.2 Å². The molecular formula is C14H15BrN2O2. The van der Waals surface area contributed by atoms with Crippen molar-refractivity contribution in [1.29, 1.82) is 0 Å².